The average Bonchev–Trinajstić information content (AvgIpc) is 2.58. The molecule has 2 aliphatic rings. The Morgan fingerprint density at radius 1 is 0.818 bits per heavy atom. The second kappa shape index (κ2) is 8.30. The van der Waals surface area contributed by atoms with Crippen LogP contribution in [0.4, 0.5) is 0 Å². The number of allylic oxidation sites excluding steroid dienone is 1. The Bertz CT molecular complexity index is 446. The van der Waals surface area contributed by atoms with E-state index in [2.05, 4.69) is 43.3 Å². The highest BCUT2D eigenvalue weighted by Gasteiger charge is 2.31. The van der Waals surface area contributed by atoms with Gasteiger partial charge in [-0.3, -0.25) is 0 Å². The van der Waals surface area contributed by atoms with Crippen molar-refractivity contribution in [3.8, 4) is 0 Å². The van der Waals surface area contributed by atoms with Gasteiger partial charge in [0.2, 0.25) is 0 Å². The second-order valence-corrected chi connectivity index (χ2v) is 10.2. The summed E-state index contributed by atoms with van der Waals surface area (Å²) in [6.07, 6.45) is 17.4. The van der Waals surface area contributed by atoms with Gasteiger partial charge in [0, 0.05) is 0 Å². The third-order valence-electron chi connectivity index (χ3n) is 5.52. The van der Waals surface area contributed by atoms with Crippen molar-refractivity contribution in [3.05, 3.63) is 41.2 Å². The molecule has 0 heterocycles. The Labute approximate surface area is 138 Å². The topological polar surface area (TPSA) is 0 Å². The van der Waals surface area contributed by atoms with Crippen molar-refractivity contribution >= 4 is 14.0 Å². The molecule has 0 saturated heterocycles. The molecule has 2 saturated carbocycles. The van der Waals surface area contributed by atoms with Crippen LogP contribution >= 0.6 is 7.92 Å². The smallest absolute Gasteiger partial charge is 0.0170 e. The SMILES string of the molecule is C/C(=C\c1ccccc1)P(C1CCCCC1)C1CCCCC1. The van der Waals surface area contributed by atoms with Crippen LogP contribution < -0.4 is 0 Å². The van der Waals surface area contributed by atoms with Crippen LogP contribution in [0.1, 0.15) is 76.7 Å². The quantitative estimate of drug-likeness (QED) is 0.516. The molecule has 0 atom stereocenters. The van der Waals surface area contributed by atoms with Gasteiger partial charge in [0.15, 0.2) is 0 Å². The molecule has 3 rings (SSSR count). The normalized spacial score (nSPS) is 22.2. The largest absolute Gasteiger partial charge is 0.0737 e. The van der Waals surface area contributed by atoms with E-state index < -0.39 is 0 Å². The van der Waals surface area contributed by atoms with Crippen LogP contribution in [0.5, 0.6) is 0 Å². The van der Waals surface area contributed by atoms with Crippen molar-refractivity contribution in [3.63, 3.8) is 0 Å². The van der Waals surface area contributed by atoms with E-state index in [1.807, 2.05) is 0 Å². The molecule has 0 spiro atoms. The molecule has 120 valence electrons. The zero-order valence-electron chi connectivity index (χ0n) is 14.1. The molecular formula is C21H31P. The van der Waals surface area contributed by atoms with Gasteiger partial charge in [0.05, 0.1) is 0 Å². The molecule has 0 bridgehead atoms. The molecule has 1 aromatic rings. The van der Waals surface area contributed by atoms with Crippen molar-refractivity contribution in [1.82, 2.24) is 0 Å². The van der Waals surface area contributed by atoms with Gasteiger partial charge < -0.3 is 0 Å². The molecule has 0 aromatic heterocycles. The summed E-state index contributed by atoms with van der Waals surface area (Å²) < 4.78 is 0. The van der Waals surface area contributed by atoms with Crippen LogP contribution in [-0.4, -0.2) is 11.3 Å². The van der Waals surface area contributed by atoms with Crippen molar-refractivity contribution in [2.75, 3.05) is 0 Å². The Kier molecular flexibility index (Phi) is 6.13. The number of hydrogen-bond donors (Lipinski definition) is 0. The standard InChI is InChI=1S/C21H31P/c1-18(17-19-11-5-2-6-12-19)22(20-13-7-3-8-14-20)21-15-9-4-10-16-21/h2,5-6,11-12,17,20-21H,3-4,7-10,13-16H2,1H3/b18-17+. The van der Waals surface area contributed by atoms with Crippen LogP contribution in [0.2, 0.25) is 0 Å². The van der Waals surface area contributed by atoms with Crippen LogP contribution in [0, 0.1) is 0 Å². The highest BCUT2D eigenvalue weighted by Crippen LogP contribution is 2.61. The Balaban J connectivity index is 1.81. The molecule has 22 heavy (non-hydrogen) atoms. The maximum Gasteiger partial charge on any atom is -0.0170 e. The predicted octanol–water partition coefficient (Wildman–Crippen LogP) is 7.19. The summed E-state index contributed by atoms with van der Waals surface area (Å²) in [5, 5.41) is 1.72. The third kappa shape index (κ3) is 4.23. The molecule has 0 amide bonds. The third-order valence-corrected chi connectivity index (χ3v) is 9.07. The first-order valence-electron chi connectivity index (χ1n) is 9.36. The Morgan fingerprint density at radius 2 is 1.32 bits per heavy atom. The maximum atomic E-state index is 2.51. The molecule has 1 heteroatoms. The maximum absolute atomic E-state index is 2.51. The lowest BCUT2D eigenvalue weighted by molar-refractivity contribution is 0.486. The summed E-state index contributed by atoms with van der Waals surface area (Å²) in [5.74, 6) is 0. The molecule has 2 fully saturated rings. The van der Waals surface area contributed by atoms with Gasteiger partial charge in [-0.1, -0.05) is 82.9 Å². The minimum absolute atomic E-state index is 0.0792. The lowest BCUT2D eigenvalue weighted by Gasteiger charge is -2.39. The van der Waals surface area contributed by atoms with Gasteiger partial charge in [-0.2, -0.15) is 0 Å². The minimum Gasteiger partial charge on any atom is -0.0737 e. The molecule has 0 aliphatic heterocycles. The van der Waals surface area contributed by atoms with Crippen molar-refractivity contribution in [2.24, 2.45) is 0 Å². The monoisotopic (exact) mass is 314 g/mol. The molecule has 0 N–H and O–H groups in total. The first-order chi connectivity index (χ1) is 10.8. The highest BCUT2D eigenvalue weighted by atomic mass is 31.1. The molecule has 1 aromatic carbocycles. The number of rotatable bonds is 4. The molecule has 0 nitrogen and oxygen atoms in total. The summed E-state index contributed by atoms with van der Waals surface area (Å²) >= 11 is 0. The van der Waals surface area contributed by atoms with E-state index in [1.54, 1.807) is 5.31 Å². The summed E-state index contributed by atoms with van der Waals surface area (Å²) in [4.78, 5) is 0. The van der Waals surface area contributed by atoms with Crippen LogP contribution in [0.3, 0.4) is 0 Å². The first-order valence-corrected chi connectivity index (χ1v) is 10.8. The summed E-state index contributed by atoms with van der Waals surface area (Å²) in [5.41, 5.74) is 3.44. The van der Waals surface area contributed by atoms with Crippen LogP contribution in [-0.2, 0) is 0 Å². The van der Waals surface area contributed by atoms with E-state index in [-0.39, 0.29) is 7.92 Å². The van der Waals surface area contributed by atoms with E-state index in [1.165, 1.54) is 69.8 Å². The van der Waals surface area contributed by atoms with E-state index in [0.29, 0.717) is 0 Å². The molecule has 0 radical (unpaired) electrons. The fourth-order valence-electron chi connectivity index (χ4n) is 4.46. The van der Waals surface area contributed by atoms with Gasteiger partial charge in [0.25, 0.3) is 0 Å². The lowest BCUT2D eigenvalue weighted by atomic mass is 9.99. The van der Waals surface area contributed by atoms with Gasteiger partial charge >= 0.3 is 0 Å². The van der Waals surface area contributed by atoms with Crippen molar-refractivity contribution in [2.45, 2.75) is 82.4 Å². The van der Waals surface area contributed by atoms with Crippen LogP contribution in [0.25, 0.3) is 6.08 Å². The predicted molar refractivity (Wildman–Crippen MR) is 101 cm³/mol. The fraction of sp³-hybridized carbons (Fsp3) is 0.619. The summed E-state index contributed by atoms with van der Waals surface area (Å²) in [6.45, 7) is 2.45. The van der Waals surface area contributed by atoms with E-state index in [9.17, 15) is 0 Å². The zero-order valence-corrected chi connectivity index (χ0v) is 15.0. The number of benzene rings is 1. The first kappa shape index (κ1) is 16.3. The van der Waals surface area contributed by atoms with Gasteiger partial charge in [0.1, 0.15) is 0 Å². The number of hydrogen-bond acceptors (Lipinski definition) is 0. The minimum atomic E-state index is 0.0792. The summed E-state index contributed by atoms with van der Waals surface area (Å²) in [6, 6.07) is 11.0. The van der Waals surface area contributed by atoms with E-state index in [0.717, 1.165) is 11.3 Å². The van der Waals surface area contributed by atoms with Crippen molar-refractivity contribution in [1.29, 1.82) is 0 Å². The fourth-order valence-corrected chi connectivity index (χ4v) is 8.35. The average molecular weight is 314 g/mol. The van der Waals surface area contributed by atoms with E-state index in [4.69, 9.17) is 0 Å². The molecule has 0 unspecified atom stereocenters. The highest BCUT2D eigenvalue weighted by molar-refractivity contribution is 7.63. The van der Waals surface area contributed by atoms with Crippen molar-refractivity contribution < 1.29 is 0 Å². The van der Waals surface area contributed by atoms with E-state index >= 15 is 0 Å². The molecular weight excluding hydrogens is 283 g/mol. The zero-order chi connectivity index (χ0) is 15.2. The van der Waals surface area contributed by atoms with Gasteiger partial charge in [-0.15, -0.1) is 0 Å². The second-order valence-electron chi connectivity index (χ2n) is 7.19. The Morgan fingerprint density at radius 3 is 1.82 bits per heavy atom. The van der Waals surface area contributed by atoms with Gasteiger partial charge in [-0.05, 0) is 54.8 Å². The summed E-state index contributed by atoms with van der Waals surface area (Å²) in [7, 11) is 0.0792. The molecule has 2 aliphatic carbocycles. The van der Waals surface area contributed by atoms with Gasteiger partial charge in [-0.25, -0.2) is 0 Å². The lowest BCUT2D eigenvalue weighted by Crippen LogP contribution is -2.20. The van der Waals surface area contributed by atoms with Crippen LogP contribution in [0.15, 0.2) is 35.6 Å². The Hall–Kier alpha value is -0.610.